The zero-order valence-corrected chi connectivity index (χ0v) is 47.2. The first-order chi connectivity index (χ1) is 35.0. The normalized spacial score (nSPS) is 12.4. The summed E-state index contributed by atoms with van der Waals surface area (Å²) in [5, 5.41) is 0. The van der Waals surface area contributed by atoms with Crippen molar-refractivity contribution in [2.75, 3.05) is 13.2 Å². The Kier molecular flexibility index (Phi) is 57.2. The molecule has 0 saturated heterocycles. The minimum Gasteiger partial charge on any atom is -0.462 e. The zero-order valence-electron chi connectivity index (χ0n) is 47.2. The average Bonchev–Trinajstić information content (AvgIpc) is 3.37. The number of ether oxygens (including phenoxy) is 3. The summed E-state index contributed by atoms with van der Waals surface area (Å²) >= 11 is 0. The summed E-state index contributed by atoms with van der Waals surface area (Å²) in [4.78, 5) is 38.3. The molecule has 0 aliphatic carbocycles. The van der Waals surface area contributed by atoms with E-state index in [1.807, 2.05) is 0 Å². The highest BCUT2D eigenvalue weighted by molar-refractivity contribution is 5.71. The molecule has 0 aromatic carbocycles. The largest absolute Gasteiger partial charge is 0.462 e. The van der Waals surface area contributed by atoms with Crippen molar-refractivity contribution in [1.29, 1.82) is 0 Å². The average molecular weight is 994 g/mol. The highest BCUT2D eigenvalue weighted by Crippen LogP contribution is 2.15. The molecule has 412 valence electrons. The van der Waals surface area contributed by atoms with Crippen LogP contribution in [-0.4, -0.2) is 37.2 Å². The first-order valence-corrected chi connectivity index (χ1v) is 30.8. The third-order valence-corrected chi connectivity index (χ3v) is 13.5. The lowest BCUT2D eigenvalue weighted by Gasteiger charge is -2.18. The standard InChI is InChI=1S/C65H116O6/c1-4-7-10-13-16-19-22-25-28-31-33-35-37-40-43-46-49-52-55-58-64(67)70-61-62(60-69-63(66)57-54-51-48-45-42-39-36-30-27-24-21-18-15-12-9-6-3)71-65(68)59-56-53-50-47-44-41-38-34-32-29-26-23-20-17-14-11-8-5-2/h16,19,25,28-30,32-33,35-36,62H,4-15,17-18,20-24,26-27,31,34,37-61H2,1-3H3/b19-16-,28-25-,32-29-,35-33-,36-30-. The topological polar surface area (TPSA) is 78.9 Å². The van der Waals surface area contributed by atoms with E-state index in [4.69, 9.17) is 14.2 Å². The number of unbranched alkanes of at least 4 members (excludes halogenated alkanes) is 35. The molecule has 0 aromatic rings. The molecular formula is C65H116O6. The Morgan fingerprint density at radius 3 is 0.831 bits per heavy atom. The molecule has 1 unspecified atom stereocenters. The van der Waals surface area contributed by atoms with E-state index < -0.39 is 6.10 Å². The molecule has 0 heterocycles. The van der Waals surface area contributed by atoms with Crippen molar-refractivity contribution in [3.8, 4) is 0 Å². The van der Waals surface area contributed by atoms with E-state index in [1.165, 1.54) is 193 Å². The number of carbonyl (C=O) groups is 3. The number of esters is 3. The van der Waals surface area contributed by atoms with Crippen molar-refractivity contribution in [3.05, 3.63) is 60.8 Å². The minimum atomic E-state index is -0.786. The lowest BCUT2D eigenvalue weighted by molar-refractivity contribution is -0.167. The van der Waals surface area contributed by atoms with Crippen LogP contribution in [0.2, 0.25) is 0 Å². The Morgan fingerprint density at radius 1 is 0.282 bits per heavy atom. The van der Waals surface area contributed by atoms with Gasteiger partial charge in [0, 0.05) is 19.3 Å². The van der Waals surface area contributed by atoms with Gasteiger partial charge in [-0.3, -0.25) is 14.4 Å². The van der Waals surface area contributed by atoms with E-state index in [2.05, 4.69) is 81.5 Å². The van der Waals surface area contributed by atoms with Crippen LogP contribution in [0.3, 0.4) is 0 Å². The van der Waals surface area contributed by atoms with Gasteiger partial charge in [-0.05, 0) is 109 Å². The summed E-state index contributed by atoms with van der Waals surface area (Å²) in [6, 6.07) is 0. The van der Waals surface area contributed by atoms with E-state index in [0.29, 0.717) is 19.3 Å². The van der Waals surface area contributed by atoms with Crippen LogP contribution < -0.4 is 0 Å². The maximum absolute atomic E-state index is 12.9. The molecule has 0 N–H and O–H groups in total. The van der Waals surface area contributed by atoms with Crippen LogP contribution in [-0.2, 0) is 28.6 Å². The Morgan fingerprint density at radius 2 is 0.507 bits per heavy atom. The SMILES string of the molecule is CCCCC/C=C\C/C=C\C/C=C\CCCCCCCCC(=O)OCC(COC(=O)CCCCCCC/C=C\CCCCCCCCC)OC(=O)CCCCCCCCC/C=C\CCCCCCCCC. The third kappa shape index (κ3) is 57.9. The van der Waals surface area contributed by atoms with Gasteiger partial charge >= 0.3 is 17.9 Å². The Labute approximate surface area is 440 Å². The maximum Gasteiger partial charge on any atom is 0.306 e. The molecule has 0 rings (SSSR count). The van der Waals surface area contributed by atoms with Crippen molar-refractivity contribution in [1.82, 2.24) is 0 Å². The van der Waals surface area contributed by atoms with Crippen molar-refractivity contribution in [2.45, 2.75) is 322 Å². The fourth-order valence-electron chi connectivity index (χ4n) is 8.79. The number of hydrogen-bond acceptors (Lipinski definition) is 6. The van der Waals surface area contributed by atoms with Crippen LogP contribution in [0.25, 0.3) is 0 Å². The number of hydrogen-bond donors (Lipinski definition) is 0. The van der Waals surface area contributed by atoms with Gasteiger partial charge in [0.15, 0.2) is 6.10 Å². The van der Waals surface area contributed by atoms with Gasteiger partial charge < -0.3 is 14.2 Å². The van der Waals surface area contributed by atoms with Crippen molar-refractivity contribution in [3.63, 3.8) is 0 Å². The second-order valence-corrected chi connectivity index (χ2v) is 20.6. The number of rotatable bonds is 56. The van der Waals surface area contributed by atoms with Crippen LogP contribution in [0.4, 0.5) is 0 Å². The van der Waals surface area contributed by atoms with Crippen molar-refractivity contribution < 1.29 is 28.6 Å². The molecular weight excluding hydrogens is 877 g/mol. The van der Waals surface area contributed by atoms with E-state index >= 15 is 0 Å². The zero-order chi connectivity index (χ0) is 51.4. The lowest BCUT2D eigenvalue weighted by Crippen LogP contribution is -2.30. The molecule has 0 radical (unpaired) electrons. The molecule has 0 fully saturated rings. The second-order valence-electron chi connectivity index (χ2n) is 20.6. The molecule has 6 heteroatoms. The first kappa shape index (κ1) is 68.1. The molecule has 0 bridgehead atoms. The fraction of sp³-hybridized carbons (Fsp3) is 0.800. The van der Waals surface area contributed by atoms with Gasteiger partial charge in [0.25, 0.3) is 0 Å². The predicted molar refractivity (Wildman–Crippen MR) is 307 cm³/mol. The first-order valence-electron chi connectivity index (χ1n) is 30.8. The maximum atomic E-state index is 12.9. The third-order valence-electron chi connectivity index (χ3n) is 13.5. The number of carbonyl (C=O) groups excluding carboxylic acids is 3. The Balaban J connectivity index is 4.40. The van der Waals surface area contributed by atoms with Gasteiger partial charge in [-0.15, -0.1) is 0 Å². The highest BCUT2D eigenvalue weighted by atomic mass is 16.6. The summed E-state index contributed by atoms with van der Waals surface area (Å²) in [5.41, 5.74) is 0. The van der Waals surface area contributed by atoms with Gasteiger partial charge in [-0.2, -0.15) is 0 Å². The van der Waals surface area contributed by atoms with Crippen LogP contribution in [0.5, 0.6) is 0 Å². The van der Waals surface area contributed by atoms with Crippen LogP contribution in [0.1, 0.15) is 316 Å². The fourth-order valence-corrected chi connectivity index (χ4v) is 8.79. The molecule has 0 saturated carbocycles. The van der Waals surface area contributed by atoms with E-state index in [0.717, 1.165) is 83.5 Å². The number of allylic oxidation sites excluding steroid dienone is 10. The summed E-state index contributed by atoms with van der Waals surface area (Å²) in [7, 11) is 0. The van der Waals surface area contributed by atoms with Gasteiger partial charge in [-0.25, -0.2) is 0 Å². The molecule has 0 amide bonds. The highest BCUT2D eigenvalue weighted by Gasteiger charge is 2.19. The van der Waals surface area contributed by atoms with Crippen LogP contribution in [0.15, 0.2) is 60.8 Å². The monoisotopic (exact) mass is 993 g/mol. The van der Waals surface area contributed by atoms with E-state index in [1.54, 1.807) is 0 Å². The molecule has 0 aromatic heterocycles. The molecule has 0 aliphatic heterocycles. The summed E-state index contributed by atoms with van der Waals surface area (Å²) in [5.74, 6) is -0.894. The van der Waals surface area contributed by atoms with Crippen molar-refractivity contribution >= 4 is 17.9 Å². The summed E-state index contributed by atoms with van der Waals surface area (Å²) in [6.07, 6.45) is 74.9. The van der Waals surface area contributed by atoms with E-state index in [9.17, 15) is 14.4 Å². The Bertz CT molecular complexity index is 1280. The lowest BCUT2D eigenvalue weighted by atomic mass is 10.1. The molecule has 0 spiro atoms. The van der Waals surface area contributed by atoms with E-state index in [-0.39, 0.29) is 31.1 Å². The van der Waals surface area contributed by atoms with Crippen molar-refractivity contribution in [2.24, 2.45) is 0 Å². The van der Waals surface area contributed by atoms with Gasteiger partial charge in [-0.1, -0.05) is 248 Å². The summed E-state index contributed by atoms with van der Waals surface area (Å²) in [6.45, 7) is 6.62. The molecule has 6 nitrogen and oxygen atoms in total. The minimum absolute atomic E-state index is 0.0832. The molecule has 1 atom stereocenters. The molecule has 71 heavy (non-hydrogen) atoms. The molecule has 0 aliphatic rings. The summed E-state index contributed by atoms with van der Waals surface area (Å²) < 4.78 is 16.9. The Hall–Kier alpha value is -2.89. The smallest absolute Gasteiger partial charge is 0.306 e. The van der Waals surface area contributed by atoms with Crippen LogP contribution in [0, 0.1) is 0 Å². The predicted octanol–water partition coefficient (Wildman–Crippen LogP) is 20.8. The quantitative estimate of drug-likeness (QED) is 0.0261. The van der Waals surface area contributed by atoms with Gasteiger partial charge in [0.1, 0.15) is 13.2 Å². The van der Waals surface area contributed by atoms with Gasteiger partial charge in [0.05, 0.1) is 0 Å². The second kappa shape index (κ2) is 59.7. The van der Waals surface area contributed by atoms with Crippen LogP contribution >= 0.6 is 0 Å². The van der Waals surface area contributed by atoms with Gasteiger partial charge in [0.2, 0.25) is 0 Å².